The van der Waals surface area contributed by atoms with Crippen LogP contribution < -0.4 is 10.1 Å². The van der Waals surface area contributed by atoms with Crippen LogP contribution >= 0.6 is 0 Å². The number of ether oxygens (including phenoxy) is 1. The van der Waals surface area contributed by atoms with Crippen molar-refractivity contribution in [2.24, 2.45) is 0 Å². The highest BCUT2D eigenvalue weighted by Crippen LogP contribution is 2.08. The van der Waals surface area contributed by atoms with E-state index in [0.717, 1.165) is 0 Å². The van der Waals surface area contributed by atoms with E-state index in [1.165, 1.54) is 6.07 Å². The van der Waals surface area contributed by atoms with E-state index in [1.54, 1.807) is 19.1 Å². The fourth-order valence-electron chi connectivity index (χ4n) is 1.88. The molecule has 0 aliphatic heterocycles. The van der Waals surface area contributed by atoms with E-state index in [0.29, 0.717) is 11.4 Å². The third-order valence-electron chi connectivity index (χ3n) is 2.83. The van der Waals surface area contributed by atoms with E-state index in [2.05, 4.69) is 10.5 Å². The molecule has 0 aliphatic carbocycles. The summed E-state index contributed by atoms with van der Waals surface area (Å²) >= 11 is 0. The first-order valence-corrected chi connectivity index (χ1v) is 8.84. The van der Waals surface area contributed by atoms with Crippen molar-refractivity contribution < 1.29 is 22.5 Å². The Kier molecular flexibility index (Phi) is 5.75. The summed E-state index contributed by atoms with van der Waals surface area (Å²) in [5, 5.41) is 6.12. The molecule has 0 fully saturated rings. The average Bonchev–Trinajstić information content (AvgIpc) is 2.88. The normalized spacial score (nSPS) is 11.2. The first-order chi connectivity index (χ1) is 10.9. The molecule has 0 radical (unpaired) electrons. The number of para-hydroxylation sites is 1. The van der Waals surface area contributed by atoms with Crippen LogP contribution in [-0.2, 0) is 20.4 Å². The summed E-state index contributed by atoms with van der Waals surface area (Å²) in [6.45, 7) is 2.18. The minimum atomic E-state index is -3.60. The Labute approximate surface area is 134 Å². The van der Waals surface area contributed by atoms with E-state index >= 15 is 0 Å². The Balaban J connectivity index is 1.71. The Morgan fingerprint density at radius 1 is 1.30 bits per heavy atom. The average molecular weight is 338 g/mol. The number of hydrogen-bond donors (Lipinski definition) is 1. The van der Waals surface area contributed by atoms with Crippen molar-refractivity contribution in [3.05, 3.63) is 47.9 Å². The lowest BCUT2D eigenvalue weighted by Gasteiger charge is -2.07. The highest BCUT2D eigenvalue weighted by Gasteiger charge is 2.19. The molecule has 0 spiro atoms. The number of carbonyl (C=O) groups excluding carboxylic acids is 1. The van der Waals surface area contributed by atoms with Gasteiger partial charge in [0, 0.05) is 6.07 Å². The zero-order valence-corrected chi connectivity index (χ0v) is 13.5. The Morgan fingerprint density at radius 3 is 2.70 bits per heavy atom. The second-order valence-electron chi connectivity index (χ2n) is 4.98. The summed E-state index contributed by atoms with van der Waals surface area (Å²) in [4.78, 5) is 11.7. The molecule has 0 bridgehead atoms. The van der Waals surface area contributed by atoms with Gasteiger partial charge in [-0.15, -0.1) is 0 Å². The first kappa shape index (κ1) is 17.0. The number of nitrogens with one attached hydrogen (secondary N) is 1. The van der Waals surface area contributed by atoms with Crippen LogP contribution in [0.25, 0.3) is 0 Å². The maximum absolute atomic E-state index is 11.9. The lowest BCUT2D eigenvalue weighted by molar-refractivity contribution is -0.118. The quantitative estimate of drug-likeness (QED) is 0.724. The SMILES string of the molecule is Cc1cc(CS(=O)(=O)CC(=O)NCCOc2ccccc2)on1. The number of benzene rings is 1. The molecular formula is C15H18N2O5S. The fourth-order valence-corrected chi connectivity index (χ4v) is 3.05. The number of hydrogen-bond acceptors (Lipinski definition) is 6. The molecule has 1 aromatic carbocycles. The molecular weight excluding hydrogens is 320 g/mol. The van der Waals surface area contributed by atoms with Crippen LogP contribution in [0.1, 0.15) is 11.5 Å². The maximum Gasteiger partial charge on any atom is 0.235 e. The van der Waals surface area contributed by atoms with E-state index < -0.39 is 21.5 Å². The number of amides is 1. The van der Waals surface area contributed by atoms with Crippen LogP contribution in [0.4, 0.5) is 0 Å². The van der Waals surface area contributed by atoms with E-state index in [4.69, 9.17) is 9.26 Å². The van der Waals surface area contributed by atoms with Gasteiger partial charge < -0.3 is 14.6 Å². The lowest BCUT2D eigenvalue weighted by atomic mass is 10.3. The van der Waals surface area contributed by atoms with E-state index in [9.17, 15) is 13.2 Å². The van der Waals surface area contributed by atoms with Crippen molar-refractivity contribution >= 4 is 15.7 Å². The van der Waals surface area contributed by atoms with Gasteiger partial charge in [0.05, 0.1) is 12.2 Å². The molecule has 1 amide bonds. The van der Waals surface area contributed by atoms with Crippen LogP contribution in [-0.4, -0.2) is 38.4 Å². The molecule has 1 N–H and O–H groups in total. The van der Waals surface area contributed by atoms with Crippen LogP contribution in [0.15, 0.2) is 40.9 Å². The monoisotopic (exact) mass is 338 g/mol. The van der Waals surface area contributed by atoms with Gasteiger partial charge in [-0.25, -0.2) is 8.42 Å². The van der Waals surface area contributed by atoms with Gasteiger partial charge in [0.15, 0.2) is 15.6 Å². The standard InChI is InChI=1S/C15H18N2O5S/c1-12-9-14(22-17-12)10-23(19,20)11-15(18)16-7-8-21-13-5-3-2-4-6-13/h2-6,9H,7-8,10-11H2,1H3,(H,16,18). The second-order valence-corrected chi connectivity index (χ2v) is 7.04. The van der Waals surface area contributed by atoms with Crippen molar-refractivity contribution in [2.45, 2.75) is 12.7 Å². The van der Waals surface area contributed by atoms with Crippen molar-refractivity contribution in [1.82, 2.24) is 10.5 Å². The predicted molar refractivity (Wildman–Crippen MR) is 83.7 cm³/mol. The minimum absolute atomic E-state index is 0.225. The predicted octanol–water partition coefficient (Wildman–Crippen LogP) is 1.09. The van der Waals surface area contributed by atoms with Crippen molar-refractivity contribution in [1.29, 1.82) is 0 Å². The van der Waals surface area contributed by atoms with Crippen LogP contribution in [0.5, 0.6) is 5.75 Å². The first-order valence-electron chi connectivity index (χ1n) is 7.02. The molecule has 0 saturated carbocycles. The number of aryl methyl sites for hydroxylation is 1. The summed E-state index contributed by atoms with van der Waals surface area (Å²) in [7, 11) is -3.60. The van der Waals surface area contributed by atoms with Crippen LogP contribution in [0, 0.1) is 6.92 Å². The highest BCUT2D eigenvalue weighted by molar-refractivity contribution is 7.91. The van der Waals surface area contributed by atoms with Gasteiger partial charge in [0.1, 0.15) is 23.9 Å². The zero-order valence-electron chi connectivity index (χ0n) is 12.7. The molecule has 1 aromatic heterocycles. The number of carbonyl (C=O) groups is 1. The molecule has 7 nitrogen and oxygen atoms in total. The number of rotatable bonds is 8. The molecule has 8 heteroatoms. The van der Waals surface area contributed by atoms with Gasteiger partial charge >= 0.3 is 0 Å². The maximum atomic E-state index is 11.9. The van der Waals surface area contributed by atoms with Gasteiger partial charge in [0.25, 0.3) is 0 Å². The molecule has 1 heterocycles. The van der Waals surface area contributed by atoms with Gasteiger partial charge in [-0.2, -0.15) is 0 Å². The number of aromatic nitrogens is 1. The Hall–Kier alpha value is -2.35. The van der Waals surface area contributed by atoms with E-state index in [-0.39, 0.29) is 24.7 Å². The molecule has 2 rings (SSSR count). The van der Waals surface area contributed by atoms with Gasteiger partial charge in [-0.1, -0.05) is 23.4 Å². The largest absolute Gasteiger partial charge is 0.492 e. The van der Waals surface area contributed by atoms with Crippen molar-refractivity contribution in [3.8, 4) is 5.75 Å². The molecule has 0 unspecified atom stereocenters. The summed E-state index contributed by atoms with van der Waals surface area (Å²) in [5.41, 5.74) is 0.595. The van der Waals surface area contributed by atoms with Crippen molar-refractivity contribution in [2.75, 3.05) is 18.9 Å². The van der Waals surface area contributed by atoms with Gasteiger partial charge in [-0.05, 0) is 19.1 Å². The van der Waals surface area contributed by atoms with Gasteiger partial charge in [0.2, 0.25) is 5.91 Å². The summed E-state index contributed by atoms with van der Waals surface area (Å²) in [6.07, 6.45) is 0. The van der Waals surface area contributed by atoms with E-state index in [1.807, 2.05) is 18.2 Å². The minimum Gasteiger partial charge on any atom is -0.492 e. The molecule has 2 aromatic rings. The molecule has 0 saturated heterocycles. The smallest absolute Gasteiger partial charge is 0.235 e. The topological polar surface area (TPSA) is 98.5 Å². The molecule has 23 heavy (non-hydrogen) atoms. The lowest BCUT2D eigenvalue weighted by Crippen LogP contribution is -2.33. The fraction of sp³-hybridized carbons (Fsp3) is 0.333. The van der Waals surface area contributed by atoms with Gasteiger partial charge in [-0.3, -0.25) is 4.79 Å². The summed E-state index contributed by atoms with van der Waals surface area (Å²) < 4.78 is 34.0. The molecule has 0 aliphatic rings. The number of sulfone groups is 1. The number of nitrogens with zero attached hydrogens (tertiary/aromatic N) is 1. The molecule has 124 valence electrons. The highest BCUT2D eigenvalue weighted by atomic mass is 32.2. The Bertz CT molecular complexity index is 740. The van der Waals surface area contributed by atoms with Crippen LogP contribution in [0.2, 0.25) is 0 Å². The third kappa shape index (κ3) is 6.11. The zero-order chi connectivity index (χ0) is 16.7. The summed E-state index contributed by atoms with van der Waals surface area (Å²) in [5.74, 6) is -0.601. The Morgan fingerprint density at radius 2 is 2.04 bits per heavy atom. The second kappa shape index (κ2) is 7.77. The molecule has 0 atom stereocenters. The van der Waals surface area contributed by atoms with Crippen molar-refractivity contribution in [3.63, 3.8) is 0 Å². The van der Waals surface area contributed by atoms with Crippen LogP contribution in [0.3, 0.4) is 0 Å². The summed E-state index contributed by atoms with van der Waals surface area (Å²) in [6, 6.07) is 10.7. The third-order valence-corrected chi connectivity index (χ3v) is 4.25.